The van der Waals surface area contributed by atoms with Crippen LogP contribution in [0.1, 0.15) is 26.7 Å². The molecule has 134 valence electrons. The highest BCUT2D eigenvalue weighted by molar-refractivity contribution is 7.07. The smallest absolute Gasteiger partial charge is 0.289 e. The average Bonchev–Trinajstić information content (AvgIpc) is 3.24. The molecule has 0 saturated heterocycles. The SMILES string of the molecule is CN(C)C(=O)c1ccc(Cn2ccsc2=NC(=O)c2cccc(Cl)c2)o1. The number of aromatic nitrogens is 1. The van der Waals surface area contributed by atoms with Crippen molar-refractivity contribution in [2.24, 2.45) is 4.99 Å². The molecule has 2 amide bonds. The van der Waals surface area contributed by atoms with Gasteiger partial charge in [-0.05, 0) is 30.3 Å². The van der Waals surface area contributed by atoms with Gasteiger partial charge < -0.3 is 13.9 Å². The van der Waals surface area contributed by atoms with Crippen molar-refractivity contribution in [1.82, 2.24) is 9.47 Å². The van der Waals surface area contributed by atoms with E-state index in [0.717, 1.165) is 0 Å². The van der Waals surface area contributed by atoms with Gasteiger partial charge in [-0.2, -0.15) is 4.99 Å². The minimum absolute atomic E-state index is 0.201. The first-order chi connectivity index (χ1) is 12.4. The third-order valence-corrected chi connectivity index (χ3v) is 4.56. The molecule has 0 unspecified atom stereocenters. The zero-order valence-electron chi connectivity index (χ0n) is 14.2. The summed E-state index contributed by atoms with van der Waals surface area (Å²) in [4.78, 5) is 30.4. The molecule has 0 spiro atoms. The number of nitrogens with zero attached hydrogens (tertiary/aromatic N) is 3. The van der Waals surface area contributed by atoms with Gasteiger partial charge in [0.05, 0.1) is 6.54 Å². The van der Waals surface area contributed by atoms with Gasteiger partial charge in [0.25, 0.3) is 11.8 Å². The Balaban J connectivity index is 1.83. The van der Waals surface area contributed by atoms with E-state index < -0.39 is 0 Å². The summed E-state index contributed by atoms with van der Waals surface area (Å²) in [5, 5.41) is 2.32. The Kier molecular flexibility index (Phi) is 5.39. The zero-order chi connectivity index (χ0) is 18.7. The monoisotopic (exact) mass is 389 g/mol. The van der Waals surface area contributed by atoms with Crippen LogP contribution in [0.25, 0.3) is 0 Å². The lowest BCUT2D eigenvalue weighted by Gasteiger charge is -2.06. The molecule has 0 aliphatic carbocycles. The van der Waals surface area contributed by atoms with Crippen molar-refractivity contribution in [2.45, 2.75) is 6.54 Å². The summed E-state index contributed by atoms with van der Waals surface area (Å²) in [6.45, 7) is 0.367. The van der Waals surface area contributed by atoms with Crippen molar-refractivity contribution >= 4 is 34.8 Å². The minimum atomic E-state index is -0.369. The van der Waals surface area contributed by atoms with Crippen LogP contribution in [-0.4, -0.2) is 35.4 Å². The summed E-state index contributed by atoms with van der Waals surface area (Å²) >= 11 is 7.26. The molecule has 0 aliphatic heterocycles. The van der Waals surface area contributed by atoms with E-state index in [1.165, 1.54) is 16.2 Å². The van der Waals surface area contributed by atoms with Gasteiger partial charge in [-0.25, -0.2) is 0 Å². The number of halogens is 1. The predicted molar refractivity (Wildman–Crippen MR) is 99.5 cm³/mol. The van der Waals surface area contributed by atoms with Crippen LogP contribution in [0.15, 0.2) is 57.4 Å². The highest BCUT2D eigenvalue weighted by Crippen LogP contribution is 2.13. The van der Waals surface area contributed by atoms with Crippen molar-refractivity contribution in [3.63, 3.8) is 0 Å². The topological polar surface area (TPSA) is 67.8 Å². The van der Waals surface area contributed by atoms with Crippen LogP contribution in [0.2, 0.25) is 5.02 Å². The molecule has 0 saturated carbocycles. The molecule has 6 nitrogen and oxygen atoms in total. The average molecular weight is 390 g/mol. The Bertz CT molecular complexity index is 1020. The minimum Gasteiger partial charge on any atom is -0.454 e. The van der Waals surface area contributed by atoms with Gasteiger partial charge in [0, 0.05) is 36.3 Å². The Morgan fingerprint density at radius 3 is 2.81 bits per heavy atom. The molecule has 0 fully saturated rings. The van der Waals surface area contributed by atoms with Crippen LogP contribution < -0.4 is 4.80 Å². The zero-order valence-corrected chi connectivity index (χ0v) is 15.8. The fourth-order valence-electron chi connectivity index (χ4n) is 2.25. The number of carbonyl (C=O) groups is 2. The summed E-state index contributed by atoms with van der Waals surface area (Å²) in [6.07, 6.45) is 1.81. The molecule has 0 bridgehead atoms. The predicted octanol–water partition coefficient (Wildman–Crippen LogP) is 3.29. The largest absolute Gasteiger partial charge is 0.454 e. The van der Waals surface area contributed by atoms with E-state index in [1.807, 2.05) is 11.6 Å². The summed E-state index contributed by atoms with van der Waals surface area (Å²) in [5.41, 5.74) is 0.425. The highest BCUT2D eigenvalue weighted by atomic mass is 35.5. The summed E-state index contributed by atoms with van der Waals surface area (Å²) in [6, 6.07) is 10.0. The molecule has 2 aromatic heterocycles. The van der Waals surface area contributed by atoms with Gasteiger partial charge in [-0.1, -0.05) is 17.7 Å². The van der Waals surface area contributed by atoms with E-state index in [4.69, 9.17) is 16.0 Å². The Morgan fingerprint density at radius 1 is 1.27 bits per heavy atom. The maximum atomic E-state index is 12.3. The molecule has 0 atom stereocenters. The van der Waals surface area contributed by atoms with E-state index in [2.05, 4.69) is 4.99 Å². The molecular formula is C18H16ClN3O3S. The van der Waals surface area contributed by atoms with Gasteiger partial charge in [0.2, 0.25) is 0 Å². The van der Waals surface area contributed by atoms with Gasteiger partial charge in [0.1, 0.15) is 5.76 Å². The highest BCUT2D eigenvalue weighted by Gasteiger charge is 2.13. The molecule has 8 heteroatoms. The van der Waals surface area contributed by atoms with Crippen molar-refractivity contribution in [1.29, 1.82) is 0 Å². The third-order valence-electron chi connectivity index (χ3n) is 3.53. The lowest BCUT2D eigenvalue weighted by atomic mass is 10.2. The van der Waals surface area contributed by atoms with Crippen LogP contribution in [0.4, 0.5) is 0 Å². The van der Waals surface area contributed by atoms with Gasteiger partial charge in [-0.3, -0.25) is 9.59 Å². The standard InChI is InChI=1S/C18H16ClN3O3S/c1-21(2)17(24)15-7-6-14(25-15)11-22-8-9-26-18(22)20-16(23)12-4-3-5-13(19)10-12/h3-10H,11H2,1-2H3. The van der Waals surface area contributed by atoms with Crippen LogP contribution in [0.3, 0.4) is 0 Å². The van der Waals surface area contributed by atoms with Crippen molar-refractivity contribution in [2.75, 3.05) is 14.1 Å². The van der Waals surface area contributed by atoms with Gasteiger partial charge in [0.15, 0.2) is 10.6 Å². The quantitative estimate of drug-likeness (QED) is 0.687. The van der Waals surface area contributed by atoms with E-state index in [-0.39, 0.29) is 17.6 Å². The van der Waals surface area contributed by atoms with Crippen molar-refractivity contribution in [3.05, 3.63) is 74.9 Å². The molecule has 2 heterocycles. The van der Waals surface area contributed by atoms with Crippen LogP contribution in [-0.2, 0) is 6.54 Å². The van der Waals surface area contributed by atoms with Crippen molar-refractivity contribution < 1.29 is 14.0 Å². The first-order valence-electron chi connectivity index (χ1n) is 7.73. The Morgan fingerprint density at radius 2 is 2.08 bits per heavy atom. The fraction of sp³-hybridized carbons (Fsp3) is 0.167. The summed E-state index contributed by atoms with van der Waals surface area (Å²) in [7, 11) is 3.33. The third kappa shape index (κ3) is 4.12. The first kappa shape index (κ1) is 18.2. The Hall–Kier alpha value is -2.64. The number of benzene rings is 1. The number of hydrogen-bond donors (Lipinski definition) is 0. The van der Waals surface area contributed by atoms with E-state index in [9.17, 15) is 9.59 Å². The van der Waals surface area contributed by atoms with Gasteiger partial charge in [-0.15, -0.1) is 11.3 Å². The van der Waals surface area contributed by atoms with Crippen molar-refractivity contribution in [3.8, 4) is 0 Å². The Labute approximate surface area is 159 Å². The lowest BCUT2D eigenvalue weighted by molar-refractivity contribution is 0.0794. The number of carbonyl (C=O) groups excluding carboxylic acids is 2. The van der Waals surface area contributed by atoms with Crippen LogP contribution in [0, 0.1) is 0 Å². The lowest BCUT2D eigenvalue weighted by Crippen LogP contribution is -2.21. The van der Waals surface area contributed by atoms with Gasteiger partial charge >= 0.3 is 0 Å². The second-order valence-electron chi connectivity index (χ2n) is 5.71. The molecule has 0 aliphatic rings. The number of thiazole rings is 1. The maximum absolute atomic E-state index is 12.3. The van der Waals surface area contributed by atoms with Crippen LogP contribution in [0.5, 0.6) is 0 Å². The molecule has 0 radical (unpaired) electrons. The number of amides is 2. The fourth-order valence-corrected chi connectivity index (χ4v) is 3.16. The first-order valence-corrected chi connectivity index (χ1v) is 8.99. The number of hydrogen-bond acceptors (Lipinski definition) is 4. The molecule has 3 aromatic rings. The van der Waals surface area contributed by atoms with Crippen LogP contribution >= 0.6 is 22.9 Å². The molecule has 1 aromatic carbocycles. The normalized spacial score (nSPS) is 11.6. The summed E-state index contributed by atoms with van der Waals surface area (Å²) < 4.78 is 7.38. The molecule has 26 heavy (non-hydrogen) atoms. The summed E-state index contributed by atoms with van der Waals surface area (Å²) in [5.74, 6) is 0.304. The second kappa shape index (κ2) is 7.72. The van der Waals surface area contributed by atoms with E-state index >= 15 is 0 Å². The maximum Gasteiger partial charge on any atom is 0.289 e. The molecular weight excluding hydrogens is 374 g/mol. The van der Waals surface area contributed by atoms with E-state index in [0.29, 0.717) is 27.7 Å². The van der Waals surface area contributed by atoms with E-state index in [1.54, 1.807) is 55.1 Å². The number of rotatable bonds is 4. The molecule has 0 N–H and O–H groups in total. The second-order valence-corrected chi connectivity index (χ2v) is 7.02. The number of furan rings is 1. The molecule has 3 rings (SSSR count).